The zero-order chi connectivity index (χ0) is 12.1. The molecule has 17 heavy (non-hydrogen) atoms. The Morgan fingerprint density at radius 3 is 2.53 bits per heavy atom. The minimum atomic E-state index is -0.238. The van der Waals surface area contributed by atoms with E-state index in [2.05, 4.69) is 0 Å². The van der Waals surface area contributed by atoms with Crippen molar-refractivity contribution in [2.45, 2.75) is 50.5 Å². The van der Waals surface area contributed by atoms with E-state index in [1.54, 1.807) is 5.48 Å². The van der Waals surface area contributed by atoms with Gasteiger partial charge in [0.15, 0.2) is 0 Å². The maximum Gasteiger partial charge on any atom is 0.243 e. The van der Waals surface area contributed by atoms with Gasteiger partial charge in [-0.15, -0.1) is 0 Å². The normalized spacial score (nSPS) is 47.2. The Morgan fingerprint density at radius 2 is 2.00 bits per heavy atom. The molecule has 4 heteroatoms. The summed E-state index contributed by atoms with van der Waals surface area (Å²) < 4.78 is 5.80. The van der Waals surface area contributed by atoms with Gasteiger partial charge in [-0.2, -0.15) is 0 Å². The molecule has 1 amide bonds. The van der Waals surface area contributed by atoms with Crippen LogP contribution in [0.25, 0.3) is 0 Å². The number of hydrogen-bond acceptors (Lipinski definition) is 3. The van der Waals surface area contributed by atoms with E-state index >= 15 is 0 Å². The van der Waals surface area contributed by atoms with Gasteiger partial charge in [0.2, 0.25) is 5.91 Å². The van der Waals surface area contributed by atoms with Crippen molar-refractivity contribution in [2.75, 3.05) is 7.11 Å². The highest BCUT2D eigenvalue weighted by molar-refractivity contribution is 5.75. The van der Waals surface area contributed by atoms with Crippen LogP contribution in [0.1, 0.15) is 44.9 Å². The van der Waals surface area contributed by atoms with E-state index in [0.717, 1.165) is 31.1 Å². The Balaban J connectivity index is 1.84. The molecule has 0 heterocycles. The lowest BCUT2D eigenvalue weighted by atomic mass is 9.47. The van der Waals surface area contributed by atoms with E-state index in [1.807, 2.05) is 7.11 Å². The first-order chi connectivity index (χ1) is 8.09. The maximum atomic E-state index is 11.5. The SMILES string of the molecule is COC12C[C@@H]3C[C@@H](CC(CC(=O)NO)(C3)C1)C2. The Kier molecular flexibility index (Phi) is 2.49. The van der Waals surface area contributed by atoms with Crippen LogP contribution in [0.2, 0.25) is 0 Å². The molecule has 4 aliphatic rings. The van der Waals surface area contributed by atoms with Gasteiger partial charge in [0.25, 0.3) is 0 Å². The minimum absolute atomic E-state index is 0.0276. The van der Waals surface area contributed by atoms with Crippen LogP contribution in [0.15, 0.2) is 0 Å². The quantitative estimate of drug-likeness (QED) is 0.584. The first kappa shape index (κ1) is 11.5. The fourth-order valence-electron chi connectivity index (χ4n) is 5.19. The Bertz CT molecular complexity index is 328. The van der Waals surface area contributed by atoms with E-state index in [-0.39, 0.29) is 16.9 Å². The van der Waals surface area contributed by atoms with Gasteiger partial charge in [-0.3, -0.25) is 10.0 Å². The van der Waals surface area contributed by atoms with Gasteiger partial charge in [0.1, 0.15) is 0 Å². The molecule has 4 aliphatic carbocycles. The fourth-order valence-corrected chi connectivity index (χ4v) is 5.19. The molecule has 4 fully saturated rings. The molecule has 2 unspecified atom stereocenters. The largest absolute Gasteiger partial charge is 0.378 e. The third kappa shape index (κ3) is 1.78. The summed E-state index contributed by atoms with van der Waals surface area (Å²) in [4.78, 5) is 11.5. The second kappa shape index (κ2) is 3.69. The van der Waals surface area contributed by atoms with Crippen molar-refractivity contribution in [3.8, 4) is 0 Å². The van der Waals surface area contributed by atoms with Crippen LogP contribution in [0.4, 0.5) is 0 Å². The number of amides is 1. The van der Waals surface area contributed by atoms with E-state index in [4.69, 9.17) is 9.94 Å². The number of hydroxylamine groups is 1. The summed E-state index contributed by atoms with van der Waals surface area (Å²) >= 11 is 0. The van der Waals surface area contributed by atoms with Gasteiger partial charge in [0.05, 0.1) is 5.60 Å². The highest BCUT2D eigenvalue weighted by Crippen LogP contribution is 2.63. The van der Waals surface area contributed by atoms with Gasteiger partial charge in [-0.1, -0.05) is 0 Å². The average Bonchev–Trinajstić information content (AvgIpc) is 2.26. The first-order valence-electron chi connectivity index (χ1n) is 6.57. The lowest BCUT2D eigenvalue weighted by Gasteiger charge is -2.61. The lowest BCUT2D eigenvalue weighted by Crippen LogP contribution is -2.57. The number of carbonyl (C=O) groups is 1. The highest BCUT2D eigenvalue weighted by Gasteiger charge is 2.58. The predicted molar refractivity (Wildman–Crippen MR) is 61.4 cm³/mol. The smallest absolute Gasteiger partial charge is 0.243 e. The van der Waals surface area contributed by atoms with Crippen LogP contribution in [-0.4, -0.2) is 23.8 Å². The molecule has 0 radical (unpaired) electrons. The van der Waals surface area contributed by atoms with E-state index < -0.39 is 0 Å². The number of ether oxygens (including phenoxy) is 1. The number of methoxy groups -OCH3 is 1. The molecule has 0 aromatic rings. The molecule has 2 N–H and O–H groups in total. The molecule has 0 spiro atoms. The molecule has 4 nitrogen and oxygen atoms in total. The maximum absolute atomic E-state index is 11.5. The first-order valence-corrected chi connectivity index (χ1v) is 6.57. The van der Waals surface area contributed by atoms with Crippen LogP contribution in [-0.2, 0) is 9.53 Å². The molecule has 96 valence electrons. The molecule has 0 saturated heterocycles. The second-order valence-electron chi connectivity index (χ2n) is 6.56. The summed E-state index contributed by atoms with van der Waals surface area (Å²) in [5.41, 5.74) is 1.91. The number of carbonyl (C=O) groups excluding carboxylic acids is 1. The van der Waals surface area contributed by atoms with E-state index in [1.165, 1.54) is 19.3 Å². The molecule has 4 saturated carbocycles. The molecule has 4 bridgehead atoms. The Morgan fingerprint density at radius 1 is 1.35 bits per heavy atom. The fraction of sp³-hybridized carbons (Fsp3) is 0.923. The topological polar surface area (TPSA) is 58.6 Å². The van der Waals surface area contributed by atoms with Crippen molar-refractivity contribution < 1.29 is 14.7 Å². The van der Waals surface area contributed by atoms with E-state index in [0.29, 0.717) is 6.42 Å². The third-order valence-electron chi connectivity index (χ3n) is 5.22. The van der Waals surface area contributed by atoms with Crippen LogP contribution in [0.5, 0.6) is 0 Å². The minimum Gasteiger partial charge on any atom is -0.378 e. The molecule has 0 aromatic heterocycles. The molecule has 0 aliphatic heterocycles. The second-order valence-corrected chi connectivity index (χ2v) is 6.56. The van der Waals surface area contributed by atoms with E-state index in [9.17, 15) is 4.79 Å². The summed E-state index contributed by atoms with van der Waals surface area (Å²) in [6.07, 6.45) is 7.39. The highest BCUT2D eigenvalue weighted by atomic mass is 16.5. The van der Waals surface area contributed by atoms with Crippen LogP contribution < -0.4 is 5.48 Å². The van der Waals surface area contributed by atoms with Crippen molar-refractivity contribution in [1.29, 1.82) is 0 Å². The summed E-state index contributed by atoms with van der Waals surface area (Å²) in [5.74, 6) is 1.21. The number of nitrogens with one attached hydrogen (secondary N) is 1. The number of rotatable bonds is 3. The summed E-state index contributed by atoms with van der Waals surface area (Å²) in [5, 5.41) is 8.73. The van der Waals surface area contributed by atoms with Gasteiger partial charge in [0, 0.05) is 13.5 Å². The molecular weight excluding hydrogens is 218 g/mol. The van der Waals surface area contributed by atoms with Crippen molar-refractivity contribution in [2.24, 2.45) is 17.3 Å². The van der Waals surface area contributed by atoms with Crippen LogP contribution >= 0.6 is 0 Å². The molecular formula is C13H21NO3. The van der Waals surface area contributed by atoms with Crippen molar-refractivity contribution in [3.05, 3.63) is 0 Å². The van der Waals surface area contributed by atoms with Gasteiger partial charge in [-0.25, -0.2) is 5.48 Å². The van der Waals surface area contributed by atoms with Crippen LogP contribution in [0, 0.1) is 17.3 Å². The molecule has 0 aromatic carbocycles. The average molecular weight is 239 g/mol. The van der Waals surface area contributed by atoms with Gasteiger partial charge < -0.3 is 4.74 Å². The van der Waals surface area contributed by atoms with Crippen LogP contribution in [0.3, 0.4) is 0 Å². The zero-order valence-electron chi connectivity index (χ0n) is 10.4. The molecule has 4 atom stereocenters. The van der Waals surface area contributed by atoms with Crippen molar-refractivity contribution in [1.82, 2.24) is 5.48 Å². The van der Waals surface area contributed by atoms with Crippen molar-refractivity contribution >= 4 is 5.91 Å². The zero-order valence-corrected chi connectivity index (χ0v) is 10.4. The summed E-state index contributed by atoms with van der Waals surface area (Å²) in [7, 11) is 1.81. The van der Waals surface area contributed by atoms with Gasteiger partial charge in [-0.05, 0) is 55.8 Å². The third-order valence-corrected chi connectivity index (χ3v) is 5.22. The monoisotopic (exact) mass is 239 g/mol. The Hall–Kier alpha value is -0.610. The predicted octanol–water partition coefficient (Wildman–Crippen LogP) is 1.87. The number of hydrogen-bond donors (Lipinski definition) is 2. The van der Waals surface area contributed by atoms with Crippen molar-refractivity contribution in [3.63, 3.8) is 0 Å². The standard InChI is InChI=1S/C13H21NO3/c1-17-13-5-9-2-10(6-13)4-12(3-9,8-13)7-11(15)14-16/h9-10,16H,2-8H2,1H3,(H,14,15)/t9-,10+,12?,13?. The van der Waals surface area contributed by atoms with Gasteiger partial charge >= 0.3 is 0 Å². The Labute approximate surface area is 102 Å². The lowest BCUT2D eigenvalue weighted by molar-refractivity contribution is -0.184. The summed E-state index contributed by atoms with van der Waals surface area (Å²) in [6.45, 7) is 0. The summed E-state index contributed by atoms with van der Waals surface area (Å²) in [6, 6.07) is 0. The molecule has 4 rings (SSSR count).